The number of fused-ring (bicyclic) bond motifs is 1. The van der Waals surface area contributed by atoms with Gasteiger partial charge in [0.2, 0.25) is 11.1 Å². The predicted octanol–water partition coefficient (Wildman–Crippen LogP) is 5.12. The molecule has 0 aromatic heterocycles. The number of carbonyl (C=O) groups excluding carboxylic acids is 2. The van der Waals surface area contributed by atoms with E-state index >= 15 is 0 Å². The number of β-lactam (4-membered cyclic amide) rings is 1. The molecule has 2 aliphatic rings. The largest absolute Gasteiger partial charge is 0.475 e. The summed E-state index contributed by atoms with van der Waals surface area (Å²) < 4.78 is 11.6. The number of hydrogen-bond donors (Lipinski definition) is 0. The van der Waals surface area contributed by atoms with E-state index in [-0.39, 0.29) is 12.5 Å². The highest BCUT2D eigenvalue weighted by Gasteiger charge is 2.70. The second-order valence-corrected chi connectivity index (χ2v) is 9.56. The van der Waals surface area contributed by atoms with E-state index < -0.39 is 23.1 Å². The molecule has 0 aliphatic carbocycles. The van der Waals surface area contributed by atoms with Gasteiger partial charge in [-0.15, -0.1) is 11.8 Å². The van der Waals surface area contributed by atoms with Gasteiger partial charge in [0.25, 0.3) is 5.91 Å². The summed E-state index contributed by atoms with van der Waals surface area (Å²) in [4.78, 5) is 29.4. The Morgan fingerprint density at radius 1 is 1.15 bits per heavy atom. The molecule has 1 fully saturated rings. The van der Waals surface area contributed by atoms with Gasteiger partial charge in [-0.2, -0.15) is 0 Å². The molecule has 0 bridgehead atoms. The minimum Gasteiger partial charge on any atom is -0.475 e. The molecule has 0 saturated carbocycles. The van der Waals surface area contributed by atoms with Crippen molar-refractivity contribution in [3.05, 3.63) is 75.4 Å². The number of esters is 1. The summed E-state index contributed by atoms with van der Waals surface area (Å²) >= 11 is 13.7. The molecule has 4 rings (SSSR count). The number of benzene rings is 2. The van der Waals surface area contributed by atoms with Crippen molar-refractivity contribution >= 4 is 46.8 Å². The van der Waals surface area contributed by atoms with Gasteiger partial charge in [0.15, 0.2) is 0 Å². The monoisotopic (exact) mass is 506 g/mol. The van der Waals surface area contributed by atoms with Crippen molar-refractivity contribution in [1.82, 2.24) is 9.80 Å². The van der Waals surface area contributed by atoms with Crippen LogP contribution in [-0.4, -0.2) is 52.7 Å². The maximum absolute atomic E-state index is 13.6. The highest BCUT2D eigenvalue weighted by atomic mass is 35.5. The second kappa shape index (κ2) is 9.12. The molecule has 9 heteroatoms. The van der Waals surface area contributed by atoms with Crippen molar-refractivity contribution in [3.8, 4) is 5.75 Å². The van der Waals surface area contributed by atoms with Crippen LogP contribution in [0.1, 0.15) is 25.5 Å². The van der Waals surface area contributed by atoms with Gasteiger partial charge in [0.05, 0.1) is 28.3 Å². The fourth-order valence-corrected chi connectivity index (χ4v) is 5.93. The lowest BCUT2D eigenvalue weighted by atomic mass is 9.85. The molecule has 2 aliphatic heterocycles. The van der Waals surface area contributed by atoms with E-state index in [1.54, 1.807) is 30.0 Å². The minimum absolute atomic E-state index is 0.231. The van der Waals surface area contributed by atoms with Gasteiger partial charge in [-0.3, -0.25) is 9.69 Å². The molecule has 0 N–H and O–H groups in total. The van der Waals surface area contributed by atoms with Crippen LogP contribution in [0, 0.1) is 0 Å². The first-order valence-electron chi connectivity index (χ1n) is 10.4. The maximum atomic E-state index is 13.6. The van der Waals surface area contributed by atoms with E-state index in [9.17, 15) is 9.59 Å². The van der Waals surface area contributed by atoms with Gasteiger partial charge in [-0.05, 0) is 37.8 Å². The van der Waals surface area contributed by atoms with Crippen molar-refractivity contribution in [2.75, 3.05) is 19.9 Å². The van der Waals surface area contributed by atoms with Crippen LogP contribution in [0.5, 0.6) is 5.75 Å². The van der Waals surface area contributed by atoms with E-state index in [1.165, 1.54) is 11.8 Å². The van der Waals surface area contributed by atoms with Crippen LogP contribution in [0.2, 0.25) is 10.0 Å². The summed E-state index contributed by atoms with van der Waals surface area (Å²) in [7, 11) is 1.86. The van der Waals surface area contributed by atoms with E-state index in [0.29, 0.717) is 21.4 Å². The van der Waals surface area contributed by atoms with Crippen LogP contribution >= 0.6 is 35.0 Å². The molecule has 2 heterocycles. The van der Waals surface area contributed by atoms with Gasteiger partial charge in [-0.1, -0.05) is 53.5 Å². The Morgan fingerprint density at radius 2 is 1.85 bits per heavy atom. The number of likely N-dealkylation sites (N-methyl/N-ethyl adjacent to an activating group) is 1. The molecule has 174 valence electrons. The second-order valence-electron chi connectivity index (χ2n) is 7.74. The molecule has 1 saturated heterocycles. The Balaban J connectivity index is 1.83. The molecular formula is C24H24Cl2N2O4S. The molecule has 0 radical (unpaired) electrons. The number of ether oxygens (including phenoxy) is 2. The fourth-order valence-electron chi connectivity index (χ4n) is 4.48. The van der Waals surface area contributed by atoms with Gasteiger partial charge in [-0.25, -0.2) is 4.79 Å². The minimum atomic E-state index is -0.871. The van der Waals surface area contributed by atoms with Crippen LogP contribution < -0.4 is 4.74 Å². The quantitative estimate of drug-likeness (QED) is 0.400. The number of amides is 1. The Hall–Kier alpha value is -2.35. The van der Waals surface area contributed by atoms with Gasteiger partial charge in [0, 0.05) is 18.8 Å². The number of rotatable bonds is 6. The average molecular weight is 507 g/mol. The molecule has 3 atom stereocenters. The van der Waals surface area contributed by atoms with E-state index in [2.05, 4.69) is 0 Å². The normalized spacial score (nSPS) is 24.4. The predicted molar refractivity (Wildman–Crippen MR) is 130 cm³/mol. The summed E-state index contributed by atoms with van der Waals surface area (Å²) in [6.45, 7) is 3.88. The molecule has 2 aromatic carbocycles. The third-order valence-corrected chi connectivity index (χ3v) is 8.13. The molecule has 1 amide bonds. The number of thioether (sulfide) groups is 1. The zero-order valence-corrected chi connectivity index (χ0v) is 21.0. The zero-order chi connectivity index (χ0) is 23.9. The first-order valence-corrected chi connectivity index (χ1v) is 12.4. The Bertz CT molecular complexity index is 1130. The van der Waals surface area contributed by atoms with Crippen LogP contribution in [0.15, 0.2) is 59.8 Å². The smallest absolute Gasteiger partial charge is 0.338 e. The first kappa shape index (κ1) is 23.8. The van der Waals surface area contributed by atoms with E-state index in [4.69, 9.17) is 32.7 Å². The van der Waals surface area contributed by atoms with E-state index in [0.717, 1.165) is 11.3 Å². The van der Waals surface area contributed by atoms with Crippen LogP contribution in [0.4, 0.5) is 0 Å². The lowest BCUT2D eigenvalue weighted by Crippen LogP contribution is -2.82. The molecule has 2 aromatic rings. The fraction of sp³-hybridized carbons (Fsp3) is 0.333. The van der Waals surface area contributed by atoms with Crippen LogP contribution in [0.25, 0.3) is 0 Å². The highest BCUT2D eigenvalue weighted by Crippen LogP contribution is 2.56. The van der Waals surface area contributed by atoms with Crippen LogP contribution in [-0.2, 0) is 14.3 Å². The number of carbonyl (C=O) groups is 2. The van der Waals surface area contributed by atoms with Crippen molar-refractivity contribution in [1.29, 1.82) is 0 Å². The highest BCUT2D eigenvalue weighted by molar-refractivity contribution is 8.00. The number of nitrogens with zero attached hydrogens (tertiary/aromatic N) is 2. The zero-order valence-electron chi connectivity index (χ0n) is 18.7. The lowest BCUT2D eigenvalue weighted by molar-refractivity contribution is -0.193. The Kier molecular flexibility index (Phi) is 6.58. The maximum Gasteiger partial charge on any atom is 0.338 e. The van der Waals surface area contributed by atoms with Gasteiger partial charge < -0.3 is 14.4 Å². The molecule has 1 unspecified atom stereocenters. The summed E-state index contributed by atoms with van der Waals surface area (Å²) in [6.07, 6.45) is 1.10. The number of hydrogen-bond acceptors (Lipinski definition) is 6. The molecular weight excluding hydrogens is 483 g/mol. The molecule has 0 spiro atoms. The lowest BCUT2D eigenvalue weighted by Gasteiger charge is -2.64. The topological polar surface area (TPSA) is 59.1 Å². The van der Waals surface area contributed by atoms with E-state index in [1.807, 2.05) is 55.5 Å². The standard InChI is InChI=1S/C24H24Cl2N2O4S/c1-5-31-23(30)19-14(2)27(3)24(33-4)21(32-16-11-12-17(25)18(26)13-16)22(29)28(24)20(19)15-9-7-6-8-10-15/h6-13,20-21H,5H2,1-4H3/t20?,21-,24-/m1/s1. The SMILES string of the molecule is CCOC(=O)C1=C(C)N(C)[C@]2(SC)[C@H](Oc3ccc(Cl)c(Cl)c3)C(=O)N2C1c1ccccc1. The van der Waals surface area contributed by atoms with Gasteiger partial charge >= 0.3 is 5.97 Å². The third kappa shape index (κ3) is 3.66. The summed E-state index contributed by atoms with van der Waals surface area (Å²) in [5.74, 6) is -0.226. The average Bonchev–Trinajstić information content (AvgIpc) is 2.81. The van der Waals surface area contributed by atoms with Crippen molar-refractivity contribution in [2.24, 2.45) is 0 Å². The number of halogens is 2. The van der Waals surface area contributed by atoms with Gasteiger partial charge in [0.1, 0.15) is 5.75 Å². The van der Waals surface area contributed by atoms with Crippen molar-refractivity contribution in [2.45, 2.75) is 31.0 Å². The summed E-state index contributed by atoms with van der Waals surface area (Å²) in [5.41, 5.74) is 1.99. The molecule has 33 heavy (non-hydrogen) atoms. The van der Waals surface area contributed by atoms with Crippen LogP contribution in [0.3, 0.4) is 0 Å². The Morgan fingerprint density at radius 3 is 2.45 bits per heavy atom. The summed E-state index contributed by atoms with van der Waals surface area (Å²) in [5, 5.41) is 0.748. The molecule has 6 nitrogen and oxygen atoms in total. The summed E-state index contributed by atoms with van der Waals surface area (Å²) in [6, 6.07) is 13.8. The third-order valence-electron chi connectivity index (χ3n) is 6.11. The van der Waals surface area contributed by atoms with Crippen molar-refractivity contribution < 1.29 is 19.1 Å². The first-order chi connectivity index (χ1) is 15.8. The number of allylic oxidation sites excluding steroid dienone is 1. The Labute approximate surface area is 207 Å². The van der Waals surface area contributed by atoms with Crippen molar-refractivity contribution in [3.63, 3.8) is 0 Å².